The van der Waals surface area contributed by atoms with Crippen LogP contribution in [-0.4, -0.2) is 11.0 Å². The number of rotatable bonds is 4. The Bertz CT molecular complexity index is 1000. The molecule has 0 unspecified atom stereocenters. The molecular weight excluding hydrogens is 484 g/mol. The van der Waals surface area contributed by atoms with Crippen LogP contribution in [0.5, 0.6) is 0 Å². The van der Waals surface area contributed by atoms with Gasteiger partial charge in [-0.1, -0.05) is 46.9 Å². The summed E-state index contributed by atoms with van der Waals surface area (Å²) in [5.74, 6) is 0. The first-order chi connectivity index (χ1) is 13.4. The van der Waals surface area contributed by atoms with Crippen LogP contribution in [0.1, 0.15) is 36.8 Å². The van der Waals surface area contributed by atoms with Crippen molar-refractivity contribution in [3.8, 4) is 0 Å². The van der Waals surface area contributed by atoms with E-state index in [2.05, 4.69) is 16.4 Å². The van der Waals surface area contributed by atoms with E-state index in [4.69, 9.17) is 40.5 Å². The Kier molecular flexibility index (Phi) is 9.08. The number of hydrogen-bond acceptors (Lipinski definition) is 3. The molecular formula is C22H24Cl5N3. The summed E-state index contributed by atoms with van der Waals surface area (Å²) in [5.41, 5.74) is 9.65. The number of aromatic nitrogens is 1. The van der Waals surface area contributed by atoms with Gasteiger partial charge in [0.25, 0.3) is 0 Å². The fourth-order valence-electron chi connectivity index (χ4n) is 4.08. The van der Waals surface area contributed by atoms with Crippen LogP contribution in [0, 0.1) is 0 Å². The molecule has 1 saturated carbocycles. The first-order valence-corrected chi connectivity index (χ1v) is 10.6. The molecule has 162 valence electrons. The molecule has 0 amide bonds. The number of hydrogen-bond donors (Lipinski definition) is 2. The number of nitrogens with two attached hydrogens (primary N) is 1. The second-order valence-corrected chi connectivity index (χ2v) is 8.85. The summed E-state index contributed by atoms with van der Waals surface area (Å²) in [7, 11) is 0. The van der Waals surface area contributed by atoms with E-state index in [-0.39, 0.29) is 30.4 Å². The molecule has 1 heterocycles. The van der Waals surface area contributed by atoms with Crippen LogP contribution < -0.4 is 11.1 Å². The SMILES string of the molecule is Cl.Cl.NC1(c2ccnc3cc(Cl)ccc23)CCC(NCc2ccc(Cl)cc2Cl)CC1. The molecule has 8 heteroatoms. The lowest BCUT2D eigenvalue weighted by Gasteiger charge is -2.38. The van der Waals surface area contributed by atoms with E-state index >= 15 is 0 Å². The molecule has 1 aliphatic rings. The maximum Gasteiger partial charge on any atom is 0.0720 e. The first kappa shape index (κ1) is 25.5. The highest BCUT2D eigenvalue weighted by Gasteiger charge is 2.34. The van der Waals surface area contributed by atoms with Gasteiger partial charge in [0.2, 0.25) is 0 Å². The van der Waals surface area contributed by atoms with Crippen LogP contribution in [0.3, 0.4) is 0 Å². The molecule has 0 saturated heterocycles. The Labute approximate surface area is 204 Å². The van der Waals surface area contributed by atoms with Gasteiger partial charge in [0.15, 0.2) is 0 Å². The normalized spacial score (nSPS) is 21.0. The minimum absolute atomic E-state index is 0. The van der Waals surface area contributed by atoms with Gasteiger partial charge in [0, 0.05) is 44.8 Å². The van der Waals surface area contributed by atoms with Gasteiger partial charge in [0.1, 0.15) is 0 Å². The van der Waals surface area contributed by atoms with Crippen LogP contribution in [0.25, 0.3) is 10.9 Å². The molecule has 0 aliphatic heterocycles. The zero-order chi connectivity index (χ0) is 19.7. The zero-order valence-corrected chi connectivity index (χ0v) is 20.1. The van der Waals surface area contributed by atoms with Gasteiger partial charge in [-0.3, -0.25) is 4.98 Å². The van der Waals surface area contributed by atoms with Crippen LogP contribution in [0.4, 0.5) is 0 Å². The monoisotopic (exact) mass is 505 g/mol. The van der Waals surface area contributed by atoms with E-state index in [9.17, 15) is 0 Å². The van der Waals surface area contributed by atoms with Gasteiger partial charge in [-0.15, -0.1) is 24.8 Å². The molecule has 1 fully saturated rings. The van der Waals surface area contributed by atoms with Crippen LogP contribution >= 0.6 is 59.6 Å². The third kappa shape index (κ3) is 5.52. The Morgan fingerprint density at radius 2 is 1.63 bits per heavy atom. The number of nitrogens with one attached hydrogen (secondary N) is 1. The van der Waals surface area contributed by atoms with Crippen LogP contribution in [0.15, 0.2) is 48.7 Å². The van der Waals surface area contributed by atoms with Crippen molar-refractivity contribution in [1.82, 2.24) is 10.3 Å². The lowest BCUT2D eigenvalue weighted by molar-refractivity contribution is 0.252. The fraction of sp³-hybridized carbons (Fsp3) is 0.318. The number of benzene rings is 2. The second kappa shape index (κ2) is 10.7. The summed E-state index contributed by atoms with van der Waals surface area (Å²) in [6.07, 6.45) is 5.69. The summed E-state index contributed by atoms with van der Waals surface area (Å²) < 4.78 is 0. The molecule has 1 aromatic heterocycles. The summed E-state index contributed by atoms with van der Waals surface area (Å²) in [6.45, 7) is 0.731. The van der Waals surface area contributed by atoms with Gasteiger partial charge in [-0.2, -0.15) is 0 Å². The van der Waals surface area contributed by atoms with Crippen molar-refractivity contribution in [3.05, 3.63) is 74.9 Å². The Morgan fingerprint density at radius 1 is 0.967 bits per heavy atom. The van der Waals surface area contributed by atoms with Gasteiger partial charge in [-0.25, -0.2) is 0 Å². The molecule has 1 aliphatic carbocycles. The van der Waals surface area contributed by atoms with Gasteiger partial charge < -0.3 is 11.1 Å². The van der Waals surface area contributed by atoms with Crippen LogP contribution in [-0.2, 0) is 12.1 Å². The fourth-order valence-corrected chi connectivity index (χ4v) is 4.72. The molecule has 0 spiro atoms. The lowest BCUT2D eigenvalue weighted by Crippen LogP contribution is -2.45. The number of nitrogens with zero attached hydrogens (tertiary/aromatic N) is 1. The van der Waals surface area contributed by atoms with E-state index in [1.807, 2.05) is 36.5 Å². The average Bonchev–Trinajstić information content (AvgIpc) is 2.68. The maximum atomic E-state index is 6.87. The highest BCUT2D eigenvalue weighted by molar-refractivity contribution is 6.35. The Morgan fingerprint density at radius 3 is 2.33 bits per heavy atom. The van der Waals surface area contributed by atoms with E-state index in [0.717, 1.165) is 54.3 Å². The molecule has 0 atom stereocenters. The Balaban J connectivity index is 0.00000160. The topological polar surface area (TPSA) is 50.9 Å². The highest BCUT2D eigenvalue weighted by atomic mass is 35.5. The molecule has 3 aromatic rings. The van der Waals surface area contributed by atoms with Crippen LogP contribution in [0.2, 0.25) is 15.1 Å². The predicted molar refractivity (Wildman–Crippen MR) is 133 cm³/mol. The molecule has 2 aromatic carbocycles. The largest absolute Gasteiger partial charge is 0.321 e. The van der Waals surface area contributed by atoms with E-state index in [1.54, 1.807) is 6.07 Å². The summed E-state index contributed by atoms with van der Waals surface area (Å²) in [6, 6.07) is 13.9. The number of pyridine rings is 1. The van der Waals surface area contributed by atoms with E-state index in [0.29, 0.717) is 21.1 Å². The standard InChI is InChI=1S/C22H22Cl3N3.2ClH/c23-15-2-1-14(20(25)11-15)13-28-17-5-8-22(26,9-6-17)19-7-10-27-21-12-16(24)3-4-18(19)21;;/h1-4,7,10-12,17,28H,5-6,8-9,13,26H2;2*1H. The third-order valence-electron chi connectivity index (χ3n) is 5.72. The zero-order valence-electron chi connectivity index (χ0n) is 16.2. The summed E-state index contributed by atoms with van der Waals surface area (Å²) in [5, 5.41) is 6.76. The molecule has 4 rings (SSSR count). The van der Waals surface area contributed by atoms with E-state index in [1.165, 1.54) is 0 Å². The smallest absolute Gasteiger partial charge is 0.0720 e. The number of fused-ring (bicyclic) bond motifs is 1. The maximum absolute atomic E-state index is 6.87. The van der Waals surface area contributed by atoms with Crippen molar-refractivity contribution < 1.29 is 0 Å². The molecule has 3 nitrogen and oxygen atoms in total. The van der Waals surface area contributed by atoms with Crippen molar-refractivity contribution >= 4 is 70.5 Å². The molecule has 30 heavy (non-hydrogen) atoms. The van der Waals surface area contributed by atoms with Crippen molar-refractivity contribution in [3.63, 3.8) is 0 Å². The van der Waals surface area contributed by atoms with Gasteiger partial charge in [0.05, 0.1) is 5.52 Å². The van der Waals surface area contributed by atoms with Crippen molar-refractivity contribution in [1.29, 1.82) is 0 Å². The third-order valence-corrected chi connectivity index (χ3v) is 6.54. The molecule has 0 bridgehead atoms. The minimum Gasteiger partial charge on any atom is -0.321 e. The van der Waals surface area contributed by atoms with Gasteiger partial charge in [-0.05, 0) is 67.1 Å². The highest BCUT2D eigenvalue weighted by Crippen LogP contribution is 2.38. The Hall–Kier alpha value is -0.780. The molecule has 0 radical (unpaired) electrons. The minimum atomic E-state index is -0.342. The summed E-state index contributed by atoms with van der Waals surface area (Å²) >= 11 is 18.4. The number of halogens is 5. The molecule has 3 N–H and O–H groups in total. The first-order valence-electron chi connectivity index (χ1n) is 9.45. The van der Waals surface area contributed by atoms with Crippen molar-refractivity contribution in [2.75, 3.05) is 0 Å². The van der Waals surface area contributed by atoms with Crippen molar-refractivity contribution in [2.24, 2.45) is 5.73 Å². The predicted octanol–water partition coefficient (Wildman–Crippen LogP) is 6.93. The summed E-state index contributed by atoms with van der Waals surface area (Å²) in [4.78, 5) is 4.45. The van der Waals surface area contributed by atoms with Crippen molar-refractivity contribution in [2.45, 2.75) is 43.8 Å². The lowest BCUT2D eigenvalue weighted by atomic mass is 9.74. The average molecular weight is 508 g/mol. The quantitative estimate of drug-likeness (QED) is 0.403. The van der Waals surface area contributed by atoms with E-state index < -0.39 is 0 Å². The second-order valence-electron chi connectivity index (χ2n) is 7.57. The van der Waals surface area contributed by atoms with Gasteiger partial charge >= 0.3 is 0 Å².